The van der Waals surface area contributed by atoms with Crippen molar-refractivity contribution in [3.63, 3.8) is 0 Å². The molecule has 1 unspecified atom stereocenters. The van der Waals surface area contributed by atoms with Gasteiger partial charge in [-0.2, -0.15) is 0 Å². The van der Waals surface area contributed by atoms with Crippen LogP contribution in [0.1, 0.15) is 23.2 Å². The molecule has 0 aromatic heterocycles. The molecule has 1 aromatic carbocycles. The first-order valence-electron chi connectivity index (χ1n) is 6.68. The highest BCUT2D eigenvalue weighted by Gasteiger charge is 2.34. The maximum atomic E-state index is 12.5. The van der Waals surface area contributed by atoms with Crippen molar-refractivity contribution in [2.24, 2.45) is 5.73 Å². The van der Waals surface area contributed by atoms with Crippen LogP contribution in [0.25, 0.3) is 0 Å². The van der Waals surface area contributed by atoms with Crippen LogP contribution in [-0.2, 0) is 4.79 Å². The monoisotopic (exact) mass is 375 g/mol. The van der Waals surface area contributed by atoms with Crippen molar-refractivity contribution in [3.05, 3.63) is 34.3 Å². The molecule has 1 fully saturated rings. The number of hydrogen-bond donors (Lipinski definition) is 2. The van der Waals surface area contributed by atoms with Gasteiger partial charge < -0.3 is 16.0 Å². The zero-order chi connectivity index (χ0) is 14.5. The number of nitrogens with two attached hydrogens (primary N) is 1. The third kappa shape index (κ3) is 4.43. The van der Waals surface area contributed by atoms with Crippen molar-refractivity contribution in [1.29, 1.82) is 0 Å². The van der Waals surface area contributed by atoms with Gasteiger partial charge in [0.15, 0.2) is 0 Å². The molecule has 0 radical (unpaired) electrons. The van der Waals surface area contributed by atoms with Gasteiger partial charge in [-0.05, 0) is 37.1 Å². The quantitative estimate of drug-likeness (QED) is 0.837. The molecule has 21 heavy (non-hydrogen) atoms. The lowest BCUT2D eigenvalue weighted by Crippen LogP contribution is -2.46. The number of amides is 2. The van der Waals surface area contributed by atoms with Crippen LogP contribution in [0, 0.1) is 0 Å². The molecule has 2 amide bonds. The summed E-state index contributed by atoms with van der Waals surface area (Å²) < 4.78 is 0.924. The third-order valence-electron chi connectivity index (χ3n) is 3.35. The van der Waals surface area contributed by atoms with E-state index >= 15 is 0 Å². The van der Waals surface area contributed by atoms with Crippen molar-refractivity contribution < 1.29 is 9.59 Å². The Hall–Kier alpha value is -1.11. The summed E-state index contributed by atoms with van der Waals surface area (Å²) >= 11 is 3.34. The van der Waals surface area contributed by atoms with Gasteiger partial charge in [-0.1, -0.05) is 15.9 Å². The van der Waals surface area contributed by atoms with E-state index in [1.807, 2.05) is 12.1 Å². The van der Waals surface area contributed by atoms with Gasteiger partial charge in [-0.3, -0.25) is 9.59 Å². The number of nitrogens with one attached hydrogen (secondary N) is 1. The molecule has 116 valence electrons. The molecule has 0 spiro atoms. The van der Waals surface area contributed by atoms with E-state index in [0.717, 1.165) is 10.9 Å². The molecule has 1 aliphatic heterocycles. The van der Waals surface area contributed by atoms with Crippen molar-refractivity contribution in [2.45, 2.75) is 18.9 Å². The summed E-state index contributed by atoms with van der Waals surface area (Å²) in [4.78, 5) is 26.1. The van der Waals surface area contributed by atoms with Gasteiger partial charge in [0.1, 0.15) is 6.04 Å². The van der Waals surface area contributed by atoms with E-state index in [-0.39, 0.29) is 30.3 Å². The minimum atomic E-state index is -0.377. The Labute approximate surface area is 138 Å². The summed E-state index contributed by atoms with van der Waals surface area (Å²) in [5.41, 5.74) is 5.98. The Kier molecular flexibility index (Phi) is 7.14. The van der Waals surface area contributed by atoms with Gasteiger partial charge in [0, 0.05) is 29.7 Å². The fourth-order valence-electron chi connectivity index (χ4n) is 2.35. The van der Waals surface area contributed by atoms with Crippen LogP contribution in [0.15, 0.2) is 28.7 Å². The normalized spacial score (nSPS) is 17.2. The Bertz CT molecular complexity index is 495. The molecular weight excluding hydrogens is 358 g/mol. The standard InChI is InChI=1S/C14H18BrN3O2.ClH/c15-11-5-3-10(4-6-11)14(20)18-9-1-2-12(18)13(19)17-8-7-16;/h3-6,12H,1-2,7-9,16H2,(H,17,19);1H. The summed E-state index contributed by atoms with van der Waals surface area (Å²) in [5.74, 6) is -0.207. The number of rotatable bonds is 4. The van der Waals surface area contributed by atoms with E-state index in [1.54, 1.807) is 17.0 Å². The predicted molar refractivity (Wildman–Crippen MR) is 87.5 cm³/mol. The second-order valence-corrected chi connectivity index (χ2v) is 5.66. The van der Waals surface area contributed by atoms with Gasteiger partial charge in [-0.25, -0.2) is 0 Å². The number of likely N-dealkylation sites (tertiary alicyclic amines) is 1. The van der Waals surface area contributed by atoms with Crippen molar-refractivity contribution >= 4 is 40.2 Å². The largest absolute Gasteiger partial charge is 0.353 e. The van der Waals surface area contributed by atoms with E-state index in [2.05, 4.69) is 21.2 Å². The Morgan fingerprint density at radius 1 is 1.33 bits per heavy atom. The topological polar surface area (TPSA) is 75.4 Å². The highest BCUT2D eigenvalue weighted by Crippen LogP contribution is 2.21. The number of carbonyl (C=O) groups excluding carboxylic acids is 2. The van der Waals surface area contributed by atoms with Gasteiger partial charge in [0.05, 0.1) is 0 Å². The van der Waals surface area contributed by atoms with Gasteiger partial charge in [0.2, 0.25) is 5.91 Å². The number of benzene rings is 1. The van der Waals surface area contributed by atoms with E-state index < -0.39 is 0 Å². The van der Waals surface area contributed by atoms with Gasteiger partial charge >= 0.3 is 0 Å². The highest BCUT2D eigenvalue weighted by atomic mass is 79.9. The molecule has 1 aliphatic rings. The zero-order valence-corrected chi connectivity index (χ0v) is 14.0. The van der Waals surface area contributed by atoms with Crippen molar-refractivity contribution in [1.82, 2.24) is 10.2 Å². The molecule has 0 bridgehead atoms. The van der Waals surface area contributed by atoms with Crippen LogP contribution in [-0.4, -0.2) is 42.4 Å². The fraction of sp³-hybridized carbons (Fsp3) is 0.429. The molecule has 1 heterocycles. The average Bonchev–Trinajstić information content (AvgIpc) is 2.94. The molecule has 0 aliphatic carbocycles. The number of halogens is 2. The molecule has 1 saturated heterocycles. The lowest BCUT2D eigenvalue weighted by molar-refractivity contribution is -0.124. The summed E-state index contributed by atoms with van der Waals surface area (Å²) in [7, 11) is 0. The average molecular weight is 377 g/mol. The lowest BCUT2D eigenvalue weighted by Gasteiger charge is -2.24. The van der Waals surface area contributed by atoms with Crippen LogP contribution >= 0.6 is 28.3 Å². The Morgan fingerprint density at radius 2 is 2.00 bits per heavy atom. The van der Waals surface area contributed by atoms with Gasteiger partial charge in [-0.15, -0.1) is 12.4 Å². The minimum Gasteiger partial charge on any atom is -0.353 e. The molecule has 7 heteroatoms. The fourth-order valence-corrected chi connectivity index (χ4v) is 2.62. The zero-order valence-electron chi connectivity index (χ0n) is 11.5. The van der Waals surface area contributed by atoms with E-state index in [9.17, 15) is 9.59 Å². The minimum absolute atomic E-state index is 0. The first kappa shape index (κ1) is 17.9. The van der Waals surface area contributed by atoms with E-state index in [0.29, 0.717) is 31.6 Å². The van der Waals surface area contributed by atoms with E-state index in [1.165, 1.54) is 0 Å². The molecule has 0 saturated carbocycles. The van der Waals surface area contributed by atoms with Crippen LogP contribution in [0.3, 0.4) is 0 Å². The highest BCUT2D eigenvalue weighted by molar-refractivity contribution is 9.10. The molecular formula is C14H19BrClN3O2. The summed E-state index contributed by atoms with van der Waals surface area (Å²) in [5, 5.41) is 2.75. The maximum Gasteiger partial charge on any atom is 0.254 e. The second kappa shape index (κ2) is 8.36. The first-order chi connectivity index (χ1) is 9.63. The number of hydrogen-bond acceptors (Lipinski definition) is 3. The number of nitrogens with zero attached hydrogens (tertiary/aromatic N) is 1. The Morgan fingerprint density at radius 3 is 2.62 bits per heavy atom. The molecule has 1 aromatic rings. The summed E-state index contributed by atoms with van der Waals surface area (Å²) in [6, 6.07) is 6.80. The van der Waals surface area contributed by atoms with Crippen LogP contribution in [0.2, 0.25) is 0 Å². The Balaban J connectivity index is 0.00000220. The van der Waals surface area contributed by atoms with Gasteiger partial charge in [0.25, 0.3) is 5.91 Å². The first-order valence-corrected chi connectivity index (χ1v) is 7.47. The van der Waals surface area contributed by atoms with E-state index in [4.69, 9.17) is 5.73 Å². The lowest BCUT2D eigenvalue weighted by atomic mass is 10.1. The summed E-state index contributed by atoms with van der Waals surface area (Å²) in [6.45, 7) is 1.46. The smallest absolute Gasteiger partial charge is 0.254 e. The van der Waals surface area contributed by atoms with Crippen LogP contribution in [0.5, 0.6) is 0 Å². The molecule has 1 atom stereocenters. The summed E-state index contributed by atoms with van der Waals surface area (Å²) in [6.07, 6.45) is 1.56. The maximum absolute atomic E-state index is 12.5. The third-order valence-corrected chi connectivity index (χ3v) is 3.88. The second-order valence-electron chi connectivity index (χ2n) is 4.74. The van der Waals surface area contributed by atoms with Crippen molar-refractivity contribution in [3.8, 4) is 0 Å². The molecule has 5 nitrogen and oxygen atoms in total. The van der Waals surface area contributed by atoms with Crippen LogP contribution in [0.4, 0.5) is 0 Å². The molecule has 3 N–H and O–H groups in total. The predicted octanol–water partition coefficient (Wildman–Crippen LogP) is 1.55. The number of carbonyl (C=O) groups is 2. The van der Waals surface area contributed by atoms with Crippen molar-refractivity contribution in [2.75, 3.05) is 19.6 Å². The van der Waals surface area contributed by atoms with Crippen LogP contribution < -0.4 is 11.1 Å². The molecule has 2 rings (SSSR count). The SMILES string of the molecule is Cl.NCCNC(=O)C1CCCN1C(=O)c1ccc(Br)cc1.